The summed E-state index contributed by atoms with van der Waals surface area (Å²) in [5.41, 5.74) is 3.23. The fourth-order valence-corrected chi connectivity index (χ4v) is 4.63. The van der Waals surface area contributed by atoms with Gasteiger partial charge in [-0.15, -0.1) is 0 Å². The SMILES string of the molecule is O=C(/C=C/c1ccc(-c2cc(Cl)cc(Cl)c2)o1)Nc1ccc2oc(-c3cc(I)ccc3Cl)nc2c1. The number of anilines is 1. The molecule has 9 heteroatoms. The van der Waals surface area contributed by atoms with Gasteiger partial charge in [0, 0.05) is 30.9 Å². The summed E-state index contributed by atoms with van der Waals surface area (Å²) < 4.78 is 12.7. The number of aromatic nitrogens is 1. The number of oxazole rings is 1. The van der Waals surface area contributed by atoms with Gasteiger partial charge in [0.15, 0.2) is 5.58 Å². The fourth-order valence-electron chi connectivity index (χ4n) is 3.42. The van der Waals surface area contributed by atoms with Crippen molar-refractivity contribution in [2.75, 3.05) is 5.32 Å². The first-order valence-corrected chi connectivity index (χ1v) is 12.5. The number of fused-ring (bicyclic) bond motifs is 1. The Morgan fingerprint density at radius 1 is 0.914 bits per heavy atom. The minimum atomic E-state index is -0.322. The molecule has 0 saturated heterocycles. The van der Waals surface area contributed by atoms with Gasteiger partial charge in [-0.1, -0.05) is 34.8 Å². The average Bonchev–Trinajstić information content (AvgIpc) is 3.45. The highest BCUT2D eigenvalue weighted by Crippen LogP contribution is 2.32. The highest BCUT2D eigenvalue weighted by molar-refractivity contribution is 14.1. The lowest BCUT2D eigenvalue weighted by Crippen LogP contribution is -2.07. The van der Waals surface area contributed by atoms with Crippen molar-refractivity contribution in [2.45, 2.75) is 0 Å². The summed E-state index contributed by atoms with van der Waals surface area (Å²) in [5.74, 6) is 1.20. The van der Waals surface area contributed by atoms with Gasteiger partial charge in [-0.25, -0.2) is 4.98 Å². The van der Waals surface area contributed by atoms with Gasteiger partial charge in [0.1, 0.15) is 17.0 Å². The Balaban J connectivity index is 1.30. The topological polar surface area (TPSA) is 68.3 Å². The van der Waals surface area contributed by atoms with E-state index in [1.165, 1.54) is 6.08 Å². The van der Waals surface area contributed by atoms with E-state index in [2.05, 4.69) is 32.9 Å². The number of carbonyl (C=O) groups is 1. The first kappa shape index (κ1) is 23.9. The van der Waals surface area contributed by atoms with Crippen LogP contribution in [-0.4, -0.2) is 10.9 Å². The number of nitrogens with one attached hydrogen (secondary N) is 1. The van der Waals surface area contributed by atoms with Crippen LogP contribution in [0.2, 0.25) is 15.1 Å². The maximum atomic E-state index is 12.5. The number of carbonyl (C=O) groups excluding carboxylic acids is 1. The lowest BCUT2D eigenvalue weighted by molar-refractivity contribution is -0.111. The molecule has 5 rings (SSSR count). The molecule has 0 atom stereocenters. The highest BCUT2D eigenvalue weighted by atomic mass is 127. The molecular weight excluding hydrogens is 622 g/mol. The van der Waals surface area contributed by atoms with Crippen LogP contribution in [0.15, 0.2) is 81.6 Å². The zero-order valence-electron chi connectivity index (χ0n) is 17.7. The largest absolute Gasteiger partial charge is 0.457 e. The van der Waals surface area contributed by atoms with Crippen LogP contribution in [-0.2, 0) is 4.79 Å². The molecular formula is C26H14Cl3IN2O3. The predicted octanol–water partition coefficient (Wildman–Crippen LogP) is 8.97. The van der Waals surface area contributed by atoms with Crippen LogP contribution < -0.4 is 5.32 Å². The summed E-state index contributed by atoms with van der Waals surface area (Å²) >= 11 is 20.6. The fraction of sp³-hybridized carbons (Fsp3) is 0. The minimum Gasteiger partial charge on any atom is -0.457 e. The summed E-state index contributed by atoms with van der Waals surface area (Å²) in [4.78, 5) is 17.0. The second-order valence-electron chi connectivity index (χ2n) is 7.51. The van der Waals surface area contributed by atoms with Crippen molar-refractivity contribution in [1.29, 1.82) is 0 Å². The van der Waals surface area contributed by atoms with Crippen LogP contribution >= 0.6 is 57.4 Å². The zero-order valence-corrected chi connectivity index (χ0v) is 22.1. The van der Waals surface area contributed by atoms with Gasteiger partial charge in [-0.05, 0) is 95.4 Å². The first-order chi connectivity index (χ1) is 16.8. The number of hydrogen-bond acceptors (Lipinski definition) is 4. The van der Waals surface area contributed by atoms with Crippen LogP contribution in [0.1, 0.15) is 5.76 Å². The summed E-state index contributed by atoms with van der Waals surface area (Å²) in [6, 6.07) is 19.6. The molecule has 0 bridgehead atoms. The number of rotatable bonds is 5. The van der Waals surface area contributed by atoms with E-state index in [0.717, 1.165) is 9.13 Å². The zero-order chi connectivity index (χ0) is 24.5. The molecule has 0 unspecified atom stereocenters. The van der Waals surface area contributed by atoms with Crippen molar-refractivity contribution < 1.29 is 13.6 Å². The molecule has 1 N–H and O–H groups in total. The van der Waals surface area contributed by atoms with Crippen LogP contribution in [0.5, 0.6) is 0 Å². The molecule has 2 aromatic heterocycles. The summed E-state index contributed by atoms with van der Waals surface area (Å²) in [5, 5.41) is 4.39. The molecule has 5 nitrogen and oxygen atoms in total. The van der Waals surface area contributed by atoms with E-state index in [4.69, 9.17) is 43.6 Å². The van der Waals surface area contributed by atoms with E-state index < -0.39 is 0 Å². The Morgan fingerprint density at radius 3 is 2.51 bits per heavy atom. The lowest BCUT2D eigenvalue weighted by atomic mass is 10.2. The first-order valence-electron chi connectivity index (χ1n) is 10.3. The number of furan rings is 1. The van der Waals surface area contributed by atoms with Crippen LogP contribution in [0.4, 0.5) is 5.69 Å². The number of nitrogens with zero attached hydrogens (tertiary/aromatic N) is 1. The van der Waals surface area contributed by atoms with Crippen LogP contribution in [0, 0.1) is 3.57 Å². The average molecular weight is 636 g/mol. The molecule has 5 aromatic rings. The number of amides is 1. The summed E-state index contributed by atoms with van der Waals surface area (Å²) in [7, 11) is 0. The van der Waals surface area contributed by atoms with Crippen LogP contribution in [0.3, 0.4) is 0 Å². The van der Waals surface area contributed by atoms with Gasteiger partial charge in [0.2, 0.25) is 11.8 Å². The molecule has 0 radical (unpaired) electrons. The van der Waals surface area contributed by atoms with Crippen LogP contribution in [0.25, 0.3) is 40.0 Å². The van der Waals surface area contributed by atoms with Crippen molar-refractivity contribution in [1.82, 2.24) is 4.98 Å². The molecule has 0 saturated carbocycles. The molecule has 1 amide bonds. The van der Waals surface area contributed by atoms with Gasteiger partial charge < -0.3 is 14.2 Å². The summed E-state index contributed by atoms with van der Waals surface area (Å²) in [6.07, 6.45) is 2.97. The van der Waals surface area contributed by atoms with Crippen molar-refractivity contribution >= 4 is 86.2 Å². The van der Waals surface area contributed by atoms with E-state index in [-0.39, 0.29) is 5.91 Å². The normalized spacial score (nSPS) is 11.4. The van der Waals surface area contributed by atoms with Gasteiger partial charge in [-0.2, -0.15) is 0 Å². The third-order valence-corrected chi connectivity index (χ3v) is 6.42. The molecule has 0 spiro atoms. The molecule has 0 aliphatic heterocycles. The predicted molar refractivity (Wildman–Crippen MR) is 149 cm³/mol. The Bertz CT molecular complexity index is 1590. The van der Waals surface area contributed by atoms with E-state index in [1.54, 1.807) is 60.7 Å². The van der Waals surface area contributed by atoms with Gasteiger partial charge in [0.05, 0.1) is 10.6 Å². The van der Waals surface area contributed by atoms with E-state index in [9.17, 15) is 4.79 Å². The summed E-state index contributed by atoms with van der Waals surface area (Å²) in [6.45, 7) is 0. The molecule has 35 heavy (non-hydrogen) atoms. The Kier molecular flexibility index (Phi) is 6.88. The number of benzene rings is 3. The van der Waals surface area contributed by atoms with Gasteiger partial charge >= 0.3 is 0 Å². The van der Waals surface area contributed by atoms with Crippen molar-refractivity contribution in [3.05, 3.63) is 97.2 Å². The van der Waals surface area contributed by atoms with E-state index in [0.29, 0.717) is 54.8 Å². The maximum Gasteiger partial charge on any atom is 0.248 e. The van der Waals surface area contributed by atoms with E-state index in [1.807, 2.05) is 12.1 Å². The molecule has 0 aliphatic carbocycles. The Morgan fingerprint density at radius 2 is 1.71 bits per heavy atom. The lowest BCUT2D eigenvalue weighted by Gasteiger charge is -2.01. The molecule has 0 aliphatic rings. The van der Waals surface area contributed by atoms with Gasteiger partial charge in [0.25, 0.3) is 0 Å². The highest BCUT2D eigenvalue weighted by Gasteiger charge is 2.13. The number of halogens is 4. The smallest absolute Gasteiger partial charge is 0.248 e. The van der Waals surface area contributed by atoms with Crippen molar-refractivity contribution in [3.8, 4) is 22.8 Å². The second-order valence-corrected chi connectivity index (χ2v) is 10.0. The monoisotopic (exact) mass is 634 g/mol. The number of hydrogen-bond donors (Lipinski definition) is 1. The Hall–Kier alpha value is -2.78. The third kappa shape index (κ3) is 5.56. The molecule has 3 aromatic carbocycles. The Labute approximate surface area is 228 Å². The molecule has 2 heterocycles. The minimum absolute atomic E-state index is 0.322. The second kappa shape index (κ2) is 10.1. The van der Waals surface area contributed by atoms with Crippen molar-refractivity contribution in [3.63, 3.8) is 0 Å². The standard InChI is InChI=1S/C26H14Cl3IN2O3/c27-15-9-14(10-16(28)11-15)23-7-3-19(34-23)4-8-25(33)31-18-2-6-24-22(13-18)32-26(35-24)20-12-17(30)1-5-21(20)29/h1-13H,(H,31,33)/b8-4+. The van der Waals surface area contributed by atoms with Gasteiger partial charge in [-0.3, -0.25) is 4.79 Å². The third-order valence-electron chi connectivity index (χ3n) is 4.99. The van der Waals surface area contributed by atoms with E-state index >= 15 is 0 Å². The van der Waals surface area contributed by atoms with Crippen molar-refractivity contribution in [2.24, 2.45) is 0 Å². The quantitative estimate of drug-likeness (QED) is 0.155. The molecule has 0 fully saturated rings. The maximum absolute atomic E-state index is 12.5. The molecule has 174 valence electrons.